The molecule has 1 heteroatoms. The van der Waals surface area contributed by atoms with Gasteiger partial charge in [-0.15, -0.1) is 0 Å². The van der Waals surface area contributed by atoms with Crippen LogP contribution in [0.2, 0.25) is 0 Å². The Balaban J connectivity index is 3.49. The lowest BCUT2D eigenvalue weighted by Crippen LogP contribution is -2.28. The molecule has 0 aliphatic rings. The highest BCUT2D eigenvalue weighted by atomic mass is 14.9. The number of hydrogen-bond donors (Lipinski definition) is 1. The Labute approximate surface area is 135 Å². The molecule has 0 spiro atoms. The summed E-state index contributed by atoms with van der Waals surface area (Å²) in [6.45, 7) is 15.4. The third kappa shape index (κ3) is 13.4. The smallest absolute Gasteiger partial charge is 0.00387 e. The van der Waals surface area contributed by atoms with Crippen LogP contribution in [0.15, 0.2) is 0 Å². The minimum absolute atomic E-state index is 0.695. The minimum atomic E-state index is 0.695. The fourth-order valence-electron chi connectivity index (χ4n) is 3.01. The molecule has 0 radical (unpaired) electrons. The first-order valence-electron chi connectivity index (χ1n) is 9.72. The summed E-state index contributed by atoms with van der Waals surface area (Å²) in [5, 5.41) is 3.72. The molecule has 0 amide bonds. The van der Waals surface area contributed by atoms with Gasteiger partial charge in [0.2, 0.25) is 0 Å². The van der Waals surface area contributed by atoms with E-state index in [0.717, 1.165) is 17.8 Å². The average molecular weight is 298 g/mol. The fourth-order valence-corrected chi connectivity index (χ4v) is 3.01. The quantitative estimate of drug-likeness (QED) is 0.390. The molecule has 0 aliphatic heterocycles. The molecule has 0 unspecified atom stereocenters. The molecule has 0 saturated heterocycles. The highest BCUT2D eigenvalue weighted by Gasteiger charge is 2.07. The summed E-state index contributed by atoms with van der Waals surface area (Å²) in [6, 6.07) is 0.695. The molecule has 21 heavy (non-hydrogen) atoms. The normalized spacial score (nSPS) is 17.4. The van der Waals surface area contributed by atoms with E-state index in [1.165, 1.54) is 64.3 Å². The Hall–Kier alpha value is -0.0400. The van der Waals surface area contributed by atoms with E-state index in [9.17, 15) is 0 Å². The Morgan fingerprint density at radius 3 is 1.90 bits per heavy atom. The monoisotopic (exact) mass is 297 g/mol. The van der Waals surface area contributed by atoms with Crippen molar-refractivity contribution in [1.29, 1.82) is 0 Å². The minimum Gasteiger partial charge on any atom is -0.314 e. The summed E-state index contributed by atoms with van der Waals surface area (Å²) >= 11 is 0. The van der Waals surface area contributed by atoms with Gasteiger partial charge in [-0.1, -0.05) is 79.6 Å². The molecule has 0 aliphatic carbocycles. The fraction of sp³-hybridized carbons (Fsp3) is 1.00. The summed E-state index contributed by atoms with van der Waals surface area (Å²) in [5.74, 6) is 2.70. The summed E-state index contributed by atoms with van der Waals surface area (Å²) in [6.07, 6.45) is 12.4. The van der Waals surface area contributed by atoms with Gasteiger partial charge in [-0.2, -0.15) is 0 Å². The Bertz CT molecular complexity index is 214. The van der Waals surface area contributed by atoms with Gasteiger partial charge in [0.1, 0.15) is 0 Å². The van der Waals surface area contributed by atoms with E-state index in [2.05, 4.69) is 46.9 Å². The van der Waals surface area contributed by atoms with Crippen molar-refractivity contribution in [3.05, 3.63) is 0 Å². The molecular weight excluding hydrogens is 254 g/mol. The van der Waals surface area contributed by atoms with Gasteiger partial charge in [-0.25, -0.2) is 0 Å². The van der Waals surface area contributed by atoms with Crippen molar-refractivity contribution in [1.82, 2.24) is 5.32 Å². The first kappa shape index (κ1) is 21.0. The SMILES string of the molecule is CCC[C@@H](C)CCC[C@@H](C)NCC[C@@H](C)CC[C@@H](C)CC. The van der Waals surface area contributed by atoms with E-state index in [-0.39, 0.29) is 0 Å². The summed E-state index contributed by atoms with van der Waals surface area (Å²) < 4.78 is 0. The van der Waals surface area contributed by atoms with E-state index < -0.39 is 0 Å². The van der Waals surface area contributed by atoms with E-state index in [0.29, 0.717) is 6.04 Å². The molecule has 4 atom stereocenters. The number of rotatable bonds is 14. The molecule has 128 valence electrons. The van der Waals surface area contributed by atoms with Crippen LogP contribution in [0.3, 0.4) is 0 Å². The highest BCUT2D eigenvalue weighted by molar-refractivity contribution is 4.65. The zero-order valence-corrected chi connectivity index (χ0v) is 15.9. The Kier molecular flexibility index (Phi) is 13.6. The second kappa shape index (κ2) is 13.6. The van der Waals surface area contributed by atoms with Crippen molar-refractivity contribution in [2.24, 2.45) is 17.8 Å². The predicted molar refractivity (Wildman–Crippen MR) is 97.9 cm³/mol. The molecule has 0 fully saturated rings. The molecule has 0 aromatic rings. The predicted octanol–water partition coefficient (Wildman–Crippen LogP) is 6.42. The number of hydrogen-bond acceptors (Lipinski definition) is 1. The molecule has 0 aromatic carbocycles. The van der Waals surface area contributed by atoms with Gasteiger partial charge in [-0.05, 0) is 44.1 Å². The van der Waals surface area contributed by atoms with Crippen LogP contribution in [0, 0.1) is 17.8 Å². The van der Waals surface area contributed by atoms with Crippen LogP contribution in [-0.2, 0) is 0 Å². The van der Waals surface area contributed by atoms with E-state index in [1.807, 2.05) is 0 Å². The lowest BCUT2D eigenvalue weighted by Gasteiger charge is -2.18. The molecule has 1 N–H and O–H groups in total. The standard InChI is InChI=1S/C20H43N/c1-7-10-18(4)11-9-12-20(6)21-16-15-19(5)14-13-17(3)8-2/h17-21H,7-16H2,1-6H3/t17-,18+,19-,20+/m0/s1. The molecule has 0 aromatic heterocycles. The van der Waals surface area contributed by atoms with Gasteiger partial charge in [-0.3, -0.25) is 0 Å². The zero-order chi connectivity index (χ0) is 16.1. The van der Waals surface area contributed by atoms with Gasteiger partial charge in [0, 0.05) is 6.04 Å². The molecule has 0 bridgehead atoms. The largest absolute Gasteiger partial charge is 0.314 e. The van der Waals surface area contributed by atoms with Crippen LogP contribution in [0.5, 0.6) is 0 Å². The lowest BCUT2D eigenvalue weighted by molar-refractivity contribution is 0.380. The summed E-state index contributed by atoms with van der Waals surface area (Å²) in [4.78, 5) is 0. The molecular formula is C20H43N. The Morgan fingerprint density at radius 1 is 0.667 bits per heavy atom. The van der Waals surface area contributed by atoms with Crippen molar-refractivity contribution in [3.63, 3.8) is 0 Å². The maximum absolute atomic E-state index is 3.72. The summed E-state index contributed by atoms with van der Waals surface area (Å²) in [7, 11) is 0. The maximum Gasteiger partial charge on any atom is 0.00387 e. The maximum atomic E-state index is 3.72. The van der Waals surface area contributed by atoms with Crippen LogP contribution in [0.1, 0.15) is 99.3 Å². The lowest BCUT2D eigenvalue weighted by atomic mass is 9.94. The van der Waals surface area contributed by atoms with Crippen molar-refractivity contribution >= 4 is 0 Å². The van der Waals surface area contributed by atoms with Gasteiger partial charge in [0.25, 0.3) is 0 Å². The zero-order valence-electron chi connectivity index (χ0n) is 15.9. The van der Waals surface area contributed by atoms with Gasteiger partial charge in [0.15, 0.2) is 0 Å². The van der Waals surface area contributed by atoms with E-state index in [1.54, 1.807) is 0 Å². The highest BCUT2D eigenvalue weighted by Crippen LogP contribution is 2.17. The first-order chi connectivity index (χ1) is 9.99. The third-order valence-corrected chi connectivity index (χ3v) is 5.09. The molecule has 0 heterocycles. The van der Waals surface area contributed by atoms with Crippen LogP contribution >= 0.6 is 0 Å². The van der Waals surface area contributed by atoms with E-state index in [4.69, 9.17) is 0 Å². The van der Waals surface area contributed by atoms with E-state index >= 15 is 0 Å². The topological polar surface area (TPSA) is 12.0 Å². The van der Waals surface area contributed by atoms with Crippen molar-refractivity contribution in [2.75, 3.05) is 6.54 Å². The van der Waals surface area contributed by atoms with Crippen molar-refractivity contribution in [2.45, 2.75) is 105 Å². The van der Waals surface area contributed by atoms with Crippen LogP contribution in [-0.4, -0.2) is 12.6 Å². The van der Waals surface area contributed by atoms with Gasteiger partial charge in [0.05, 0.1) is 0 Å². The molecule has 0 rings (SSSR count). The number of nitrogens with one attached hydrogen (secondary N) is 1. The van der Waals surface area contributed by atoms with Crippen LogP contribution in [0.25, 0.3) is 0 Å². The van der Waals surface area contributed by atoms with Gasteiger partial charge < -0.3 is 5.32 Å². The van der Waals surface area contributed by atoms with Crippen molar-refractivity contribution in [3.8, 4) is 0 Å². The first-order valence-corrected chi connectivity index (χ1v) is 9.72. The van der Waals surface area contributed by atoms with Crippen molar-refractivity contribution < 1.29 is 0 Å². The Morgan fingerprint density at radius 2 is 1.29 bits per heavy atom. The third-order valence-electron chi connectivity index (χ3n) is 5.09. The second-order valence-corrected chi connectivity index (χ2v) is 7.66. The average Bonchev–Trinajstić information content (AvgIpc) is 2.45. The van der Waals surface area contributed by atoms with Crippen LogP contribution in [0.4, 0.5) is 0 Å². The summed E-state index contributed by atoms with van der Waals surface area (Å²) in [5.41, 5.74) is 0. The molecule has 1 nitrogen and oxygen atoms in total. The molecule has 0 saturated carbocycles. The van der Waals surface area contributed by atoms with Crippen LogP contribution < -0.4 is 5.32 Å². The van der Waals surface area contributed by atoms with Gasteiger partial charge >= 0.3 is 0 Å². The second-order valence-electron chi connectivity index (χ2n) is 7.66.